The van der Waals surface area contributed by atoms with Gasteiger partial charge in [-0.3, -0.25) is 19.7 Å². The summed E-state index contributed by atoms with van der Waals surface area (Å²) in [6.07, 6.45) is -0.357. The topological polar surface area (TPSA) is 122 Å². The number of amides is 2. The molecule has 0 aromatic rings. The normalized spacial score (nSPS) is 22.2. The van der Waals surface area contributed by atoms with E-state index in [1.807, 2.05) is 27.7 Å². The van der Waals surface area contributed by atoms with E-state index in [9.17, 15) is 14.4 Å². The highest BCUT2D eigenvalue weighted by atomic mass is 32.2. The second-order valence-electron chi connectivity index (χ2n) is 6.69. The number of carbonyl (C=O) groups excluding carboxylic acids is 2. The predicted octanol–water partition coefficient (Wildman–Crippen LogP) is 0.0819. The number of primary amides is 1. The predicted molar refractivity (Wildman–Crippen MR) is 85.5 cm³/mol. The summed E-state index contributed by atoms with van der Waals surface area (Å²) in [7, 11) is 0. The van der Waals surface area contributed by atoms with Gasteiger partial charge in [0.05, 0.1) is 12.5 Å². The van der Waals surface area contributed by atoms with Gasteiger partial charge < -0.3 is 16.2 Å². The van der Waals surface area contributed by atoms with Crippen LogP contribution in [0.5, 0.6) is 0 Å². The fourth-order valence-electron chi connectivity index (χ4n) is 2.96. The van der Waals surface area contributed by atoms with Gasteiger partial charge in [0.15, 0.2) is 0 Å². The third-order valence-corrected chi connectivity index (χ3v) is 5.29. The van der Waals surface area contributed by atoms with E-state index >= 15 is 0 Å². The van der Waals surface area contributed by atoms with E-state index in [4.69, 9.17) is 10.8 Å². The third kappa shape index (κ3) is 4.36. The van der Waals surface area contributed by atoms with Gasteiger partial charge in [-0.2, -0.15) is 0 Å². The van der Waals surface area contributed by atoms with E-state index in [2.05, 4.69) is 10.6 Å². The minimum atomic E-state index is -1.08. The summed E-state index contributed by atoms with van der Waals surface area (Å²) < 4.78 is -0.203. The Hall–Kier alpha value is -1.28. The van der Waals surface area contributed by atoms with Crippen molar-refractivity contribution in [1.82, 2.24) is 10.6 Å². The molecule has 1 aliphatic heterocycles. The first-order valence-corrected chi connectivity index (χ1v) is 7.96. The first-order chi connectivity index (χ1) is 9.86. The number of hydrogen-bond acceptors (Lipinski definition) is 5. The molecule has 0 aliphatic carbocycles. The van der Waals surface area contributed by atoms with Crippen LogP contribution in [0.1, 0.15) is 41.0 Å². The van der Waals surface area contributed by atoms with E-state index in [1.165, 1.54) is 6.92 Å². The smallest absolute Gasteiger partial charge is 0.305 e. The quantitative estimate of drug-likeness (QED) is 0.524. The molecule has 1 aliphatic rings. The molecule has 7 nitrogen and oxygen atoms in total. The zero-order chi connectivity index (χ0) is 17.3. The molecule has 5 N–H and O–H groups in total. The van der Waals surface area contributed by atoms with Crippen LogP contribution in [-0.2, 0) is 14.4 Å². The average Bonchev–Trinajstić information content (AvgIpc) is 2.31. The second kappa shape index (κ2) is 6.45. The zero-order valence-corrected chi connectivity index (χ0v) is 14.4. The fraction of sp³-hybridized carbons (Fsp3) is 0.786. The van der Waals surface area contributed by atoms with Crippen molar-refractivity contribution in [2.45, 2.75) is 68.7 Å². The van der Waals surface area contributed by atoms with Crippen LogP contribution in [0.15, 0.2) is 0 Å². The van der Waals surface area contributed by atoms with Gasteiger partial charge in [0, 0.05) is 15.5 Å². The summed E-state index contributed by atoms with van der Waals surface area (Å²) in [5, 5.41) is 14.6. The molecule has 2 atom stereocenters. The second-order valence-corrected chi connectivity index (χ2v) is 9.00. The molecule has 0 saturated carbocycles. The molecular formula is C14H25N3O4S. The maximum Gasteiger partial charge on any atom is 0.305 e. The van der Waals surface area contributed by atoms with Gasteiger partial charge in [0.25, 0.3) is 0 Å². The summed E-state index contributed by atoms with van der Waals surface area (Å²) >= 11 is 1.77. The number of carboxylic acids is 1. The number of thioether (sulfide) groups is 1. The van der Waals surface area contributed by atoms with Crippen molar-refractivity contribution in [2.24, 2.45) is 5.73 Å². The lowest BCUT2D eigenvalue weighted by atomic mass is 9.88. The lowest BCUT2D eigenvalue weighted by molar-refractivity contribution is -0.140. The van der Waals surface area contributed by atoms with Crippen molar-refractivity contribution in [3.05, 3.63) is 0 Å². The maximum atomic E-state index is 12.2. The molecular weight excluding hydrogens is 306 g/mol. The summed E-state index contributed by atoms with van der Waals surface area (Å²) in [5.74, 6) is -2.28. The van der Waals surface area contributed by atoms with Gasteiger partial charge in [-0.15, -0.1) is 11.8 Å². The molecule has 1 rings (SSSR count). The molecule has 0 aromatic heterocycles. The molecule has 2 amide bonds. The molecule has 126 valence electrons. The Kier molecular flexibility index (Phi) is 5.51. The van der Waals surface area contributed by atoms with Crippen LogP contribution in [0.4, 0.5) is 0 Å². The largest absolute Gasteiger partial charge is 0.481 e. The van der Waals surface area contributed by atoms with Crippen LogP contribution in [0.3, 0.4) is 0 Å². The summed E-state index contributed by atoms with van der Waals surface area (Å²) in [6, 6.07) is -1.78. The highest BCUT2D eigenvalue weighted by molar-refractivity contribution is 8.03. The number of carboxylic acid groups (broad SMARTS) is 1. The lowest BCUT2D eigenvalue weighted by Crippen LogP contribution is -2.69. The van der Waals surface area contributed by atoms with E-state index in [0.717, 1.165) is 0 Å². The van der Waals surface area contributed by atoms with Gasteiger partial charge in [-0.1, -0.05) is 0 Å². The van der Waals surface area contributed by atoms with Crippen LogP contribution in [-0.4, -0.2) is 50.5 Å². The number of rotatable bonds is 7. The van der Waals surface area contributed by atoms with Crippen molar-refractivity contribution in [1.29, 1.82) is 0 Å². The molecule has 0 spiro atoms. The minimum Gasteiger partial charge on any atom is -0.481 e. The van der Waals surface area contributed by atoms with Crippen molar-refractivity contribution in [3.63, 3.8) is 0 Å². The molecule has 1 saturated heterocycles. The van der Waals surface area contributed by atoms with Crippen molar-refractivity contribution in [2.75, 3.05) is 0 Å². The monoisotopic (exact) mass is 331 g/mol. The Morgan fingerprint density at radius 1 is 1.23 bits per heavy atom. The SMILES string of the molecule is C[C@H](NC(=O)[C@H](CC(=O)O)NC1C(C)(C)SC1(C)C)C(N)=O. The van der Waals surface area contributed by atoms with Crippen LogP contribution in [0.25, 0.3) is 0 Å². The Bertz CT molecular complexity index is 465. The highest BCUT2D eigenvalue weighted by Gasteiger charge is 2.54. The van der Waals surface area contributed by atoms with Gasteiger partial charge in [-0.25, -0.2) is 0 Å². The van der Waals surface area contributed by atoms with Crippen molar-refractivity contribution >= 4 is 29.5 Å². The number of carbonyl (C=O) groups is 3. The summed E-state index contributed by atoms with van der Waals surface area (Å²) in [5.41, 5.74) is 5.12. The van der Waals surface area contributed by atoms with E-state index in [0.29, 0.717) is 0 Å². The van der Waals surface area contributed by atoms with Crippen LogP contribution in [0, 0.1) is 0 Å². The summed E-state index contributed by atoms with van der Waals surface area (Å²) in [4.78, 5) is 34.3. The Labute approximate surface area is 134 Å². The lowest BCUT2D eigenvalue weighted by Gasteiger charge is -2.57. The maximum absolute atomic E-state index is 12.2. The molecule has 0 aromatic carbocycles. The first kappa shape index (κ1) is 18.8. The van der Waals surface area contributed by atoms with Crippen molar-refractivity contribution in [3.8, 4) is 0 Å². The number of hydrogen-bond donors (Lipinski definition) is 4. The van der Waals surface area contributed by atoms with Crippen LogP contribution in [0.2, 0.25) is 0 Å². The molecule has 8 heteroatoms. The van der Waals surface area contributed by atoms with E-state index in [1.54, 1.807) is 11.8 Å². The minimum absolute atomic E-state index is 0.0241. The highest BCUT2D eigenvalue weighted by Crippen LogP contribution is 2.54. The van der Waals surface area contributed by atoms with Gasteiger partial charge in [0.1, 0.15) is 6.04 Å². The average molecular weight is 331 g/mol. The molecule has 22 heavy (non-hydrogen) atoms. The first-order valence-electron chi connectivity index (χ1n) is 7.14. The van der Waals surface area contributed by atoms with E-state index in [-0.39, 0.29) is 22.0 Å². The molecule has 0 unspecified atom stereocenters. The third-order valence-electron chi connectivity index (χ3n) is 3.77. The van der Waals surface area contributed by atoms with Crippen LogP contribution < -0.4 is 16.4 Å². The van der Waals surface area contributed by atoms with E-state index < -0.39 is 29.9 Å². The van der Waals surface area contributed by atoms with Gasteiger partial charge in [-0.05, 0) is 34.6 Å². The fourth-order valence-corrected chi connectivity index (χ4v) is 5.10. The Morgan fingerprint density at radius 2 is 1.73 bits per heavy atom. The molecule has 1 fully saturated rings. The zero-order valence-electron chi connectivity index (χ0n) is 13.6. The number of nitrogens with two attached hydrogens (primary N) is 1. The number of aliphatic carboxylic acids is 1. The van der Waals surface area contributed by atoms with Crippen LogP contribution >= 0.6 is 11.8 Å². The molecule has 1 heterocycles. The standard InChI is InChI=1S/C14H25N3O4S/c1-7(10(15)20)16-11(21)8(6-9(18)19)17-12-13(2,3)22-14(12,4)5/h7-8,12,17H,6H2,1-5H3,(H2,15,20)(H,16,21)(H,18,19)/t7-,8-/m0/s1. The van der Waals surface area contributed by atoms with Crippen molar-refractivity contribution < 1.29 is 19.5 Å². The summed E-state index contributed by atoms with van der Waals surface area (Å²) in [6.45, 7) is 9.64. The molecule has 0 bridgehead atoms. The van der Waals surface area contributed by atoms with Gasteiger partial charge in [0.2, 0.25) is 11.8 Å². The Morgan fingerprint density at radius 3 is 2.09 bits per heavy atom. The molecule has 0 radical (unpaired) electrons. The van der Waals surface area contributed by atoms with Gasteiger partial charge >= 0.3 is 5.97 Å². The Balaban J connectivity index is 2.83. The number of nitrogens with one attached hydrogen (secondary N) is 2.